The molecule has 0 bridgehead atoms. The van der Waals surface area contributed by atoms with Crippen molar-refractivity contribution in [2.45, 2.75) is 31.2 Å². The molecule has 1 atom stereocenters. The minimum Gasteiger partial charge on any atom is -0.467 e. The zero-order chi connectivity index (χ0) is 28.1. The number of furan rings is 1. The summed E-state index contributed by atoms with van der Waals surface area (Å²) in [4.78, 5) is 13.0. The van der Waals surface area contributed by atoms with Crippen LogP contribution in [-0.2, 0) is 21.4 Å². The summed E-state index contributed by atoms with van der Waals surface area (Å²) in [5.41, 5.74) is 2.15. The number of amides is 1. The zero-order valence-corrected chi connectivity index (χ0v) is 22.8. The minimum absolute atomic E-state index is 0.119. The Morgan fingerprint density at radius 2 is 2.00 bits per heavy atom. The summed E-state index contributed by atoms with van der Waals surface area (Å²) in [6, 6.07) is 21.5. The lowest BCUT2D eigenvalue weighted by Crippen LogP contribution is -2.39. The molecule has 1 fully saturated rings. The summed E-state index contributed by atoms with van der Waals surface area (Å²) in [6.45, 7) is 3.18. The SMILES string of the molecule is C[C@@H]1CCCN(S(=O)(=O)c2cccc(-c3nn(-c4ccccc4)cc3/C=C(\C#N)C(=O)NCc3ccco3)c2)C1. The highest BCUT2D eigenvalue weighted by atomic mass is 32.2. The van der Waals surface area contributed by atoms with Crippen LogP contribution in [0.15, 0.2) is 94.1 Å². The number of nitrogens with one attached hydrogen (secondary N) is 1. The van der Waals surface area contributed by atoms with E-state index in [0.717, 1.165) is 18.5 Å². The molecule has 2 aromatic carbocycles. The van der Waals surface area contributed by atoms with E-state index >= 15 is 0 Å². The third kappa shape index (κ3) is 5.91. The van der Waals surface area contributed by atoms with E-state index < -0.39 is 15.9 Å². The van der Waals surface area contributed by atoms with Gasteiger partial charge in [-0.1, -0.05) is 37.3 Å². The predicted octanol–water partition coefficient (Wildman–Crippen LogP) is 4.78. The Balaban J connectivity index is 1.53. The lowest BCUT2D eigenvalue weighted by atomic mass is 10.0. The van der Waals surface area contributed by atoms with Gasteiger partial charge in [0.2, 0.25) is 10.0 Å². The number of nitrogens with zero attached hydrogens (tertiary/aromatic N) is 4. The summed E-state index contributed by atoms with van der Waals surface area (Å²) in [5.74, 6) is 0.297. The van der Waals surface area contributed by atoms with Crippen molar-refractivity contribution >= 4 is 22.0 Å². The van der Waals surface area contributed by atoms with Crippen molar-refractivity contribution < 1.29 is 17.6 Å². The molecule has 0 spiro atoms. The second-order valence-corrected chi connectivity index (χ2v) is 11.7. The molecule has 204 valence electrons. The standard InChI is InChI=1S/C30H29N5O4S/c1-22-8-6-14-34(20-22)40(37,38)28-13-5-9-23(17-28)29-25(21-35(33-29)26-10-3-2-4-11-26)16-24(18-31)30(36)32-19-27-12-7-15-39-27/h2-5,7,9-13,15-17,21-22H,6,8,14,19-20H2,1H3,(H,32,36)/b24-16+/t22-/m1/s1. The number of rotatable bonds is 8. The summed E-state index contributed by atoms with van der Waals surface area (Å²) >= 11 is 0. The number of para-hydroxylation sites is 1. The number of sulfonamides is 1. The van der Waals surface area contributed by atoms with Gasteiger partial charge in [0.15, 0.2) is 0 Å². The Bertz CT molecular complexity index is 1670. The van der Waals surface area contributed by atoms with Crippen molar-refractivity contribution in [3.8, 4) is 23.0 Å². The van der Waals surface area contributed by atoms with Crippen molar-refractivity contribution in [3.05, 3.63) is 96.1 Å². The predicted molar refractivity (Wildman–Crippen MR) is 150 cm³/mol. The molecule has 9 nitrogen and oxygen atoms in total. The van der Waals surface area contributed by atoms with E-state index in [9.17, 15) is 18.5 Å². The van der Waals surface area contributed by atoms with Gasteiger partial charge in [0.1, 0.15) is 23.1 Å². The Labute approximate surface area is 233 Å². The lowest BCUT2D eigenvalue weighted by molar-refractivity contribution is -0.117. The fourth-order valence-corrected chi connectivity index (χ4v) is 6.37. The maximum Gasteiger partial charge on any atom is 0.262 e. The van der Waals surface area contributed by atoms with E-state index in [1.807, 2.05) is 36.4 Å². The summed E-state index contributed by atoms with van der Waals surface area (Å²) < 4.78 is 35.4. The van der Waals surface area contributed by atoms with Gasteiger partial charge in [-0.3, -0.25) is 4.79 Å². The van der Waals surface area contributed by atoms with Gasteiger partial charge in [0.05, 0.1) is 23.4 Å². The van der Waals surface area contributed by atoms with Gasteiger partial charge in [0, 0.05) is 30.4 Å². The van der Waals surface area contributed by atoms with Crippen molar-refractivity contribution in [1.29, 1.82) is 5.26 Å². The van der Waals surface area contributed by atoms with E-state index in [4.69, 9.17) is 9.52 Å². The van der Waals surface area contributed by atoms with Crippen molar-refractivity contribution in [2.24, 2.45) is 5.92 Å². The third-order valence-electron chi connectivity index (χ3n) is 6.80. The van der Waals surface area contributed by atoms with E-state index in [0.29, 0.717) is 41.6 Å². The van der Waals surface area contributed by atoms with Crippen LogP contribution in [0.1, 0.15) is 31.1 Å². The maximum absolute atomic E-state index is 13.5. The molecule has 1 saturated heterocycles. The Morgan fingerprint density at radius 1 is 1.18 bits per heavy atom. The Hall–Kier alpha value is -4.46. The highest BCUT2D eigenvalue weighted by Gasteiger charge is 2.29. The second kappa shape index (κ2) is 11.7. The largest absolute Gasteiger partial charge is 0.467 e. The number of hydrogen-bond acceptors (Lipinski definition) is 6. The first-order valence-electron chi connectivity index (χ1n) is 13.0. The quantitative estimate of drug-likeness (QED) is 0.247. The number of nitriles is 1. The van der Waals surface area contributed by atoms with Gasteiger partial charge in [-0.05, 0) is 61.2 Å². The molecular weight excluding hydrogens is 526 g/mol. The molecule has 0 radical (unpaired) electrons. The van der Waals surface area contributed by atoms with E-state index in [1.54, 1.807) is 51.6 Å². The number of aromatic nitrogens is 2. The summed E-state index contributed by atoms with van der Waals surface area (Å²) in [5, 5.41) is 17.2. The molecule has 0 unspecified atom stereocenters. The molecular formula is C30H29N5O4S. The maximum atomic E-state index is 13.5. The topological polar surface area (TPSA) is 121 Å². The zero-order valence-electron chi connectivity index (χ0n) is 22.0. The van der Waals surface area contributed by atoms with Crippen LogP contribution in [0.3, 0.4) is 0 Å². The number of hydrogen-bond donors (Lipinski definition) is 1. The van der Waals surface area contributed by atoms with Crippen LogP contribution in [-0.4, -0.2) is 41.5 Å². The van der Waals surface area contributed by atoms with Crippen LogP contribution < -0.4 is 5.32 Å². The summed E-state index contributed by atoms with van der Waals surface area (Å²) in [7, 11) is -3.70. The highest BCUT2D eigenvalue weighted by molar-refractivity contribution is 7.89. The van der Waals surface area contributed by atoms with Crippen LogP contribution in [0.4, 0.5) is 0 Å². The molecule has 40 heavy (non-hydrogen) atoms. The molecule has 5 rings (SSSR count). The molecule has 0 aliphatic carbocycles. The number of carbonyl (C=O) groups is 1. The van der Waals surface area contributed by atoms with Gasteiger partial charge >= 0.3 is 0 Å². The van der Waals surface area contributed by atoms with Crippen LogP contribution in [0.25, 0.3) is 23.0 Å². The molecule has 1 N–H and O–H groups in total. The number of carbonyl (C=O) groups excluding carboxylic acids is 1. The van der Waals surface area contributed by atoms with E-state index in [-0.39, 0.29) is 17.0 Å². The molecule has 1 aliphatic heterocycles. The summed E-state index contributed by atoms with van der Waals surface area (Å²) in [6.07, 6.45) is 6.53. The monoisotopic (exact) mass is 555 g/mol. The fourth-order valence-electron chi connectivity index (χ4n) is 4.73. The molecule has 10 heteroatoms. The average molecular weight is 556 g/mol. The first-order valence-corrected chi connectivity index (χ1v) is 14.5. The van der Waals surface area contributed by atoms with Gasteiger partial charge < -0.3 is 9.73 Å². The third-order valence-corrected chi connectivity index (χ3v) is 8.66. The van der Waals surface area contributed by atoms with Crippen molar-refractivity contribution in [1.82, 2.24) is 19.4 Å². The van der Waals surface area contributed by atoms with Gasteiger partial charge in [0.25, 0.3) is 5.91 Å². The Kier molecular flexibility index (Phi) is 7.96. The Morgan fingerprint density at radius 3 is 2.73 bits per heavy atom. The van der Waals surface area contributed by atoms with Crippen molar-refractivity contribution in [3.63, 3.8) is 0 Å². The van der Waals surface area contributed by atoms with E-state index in [2.05, 4.69) is 12.2 Å². The second-order valence-electron chi connectivity index (χ2n) is 9.78. The van der Waals surface area contributed by atoms with Gasteiger partial charge in [-0.25, -0.2) is 13.1 Å². The molecule has 2 aromatic heterocycles. The first-order chi connectivity index (χ1) is 19.3. The lowest BCUT2D eigenvalue weighted by Gasteiger charge is -2.30. The molecule has 4 aromatic rings. The average Bonchev–Trinajstić information content (AvgIpc) is 3.65. The smallest absolute Gasteiger partial charge is 0.262 e. The van der Waals surface area contributed by atoms with Crippen LogP contribution in [0, 0.1) is 17.2 Å². The molecule has 1 aliphatic rings. The first kappa shape index (κ1) is 27.1. The van der Waals surface area contributed by atoms with Crippen molar-refractivity contribution in [2.75, 3.05) is 13.1 Å². The fraction of sp³-hybridized carbons (Fsp3) is 0.233. The molecule has 0 saturated carbocycles. The molecule has 3 heterocycles. The van der Waals surface area contributed by atoms with Gasteiger partial charge in [-0.2, -0.15) is 14.7 Å². The van der Waals surface area contributed by atoms with Crippen LogP contribution in [0.5, 0.6) is 0 Å². The molecule has 1 amide bonds. The number of benzene rings is 2. The van der Waals surface area contributed by atoms with Crippen LogP contribution >= 0.6 is 0 Å². The normalized spacial score (nSPS) is 16.4. The minimum atomic E-state index is -3.70. The van der Waals surface area contributed by atoms with E-state index in [1.165, 1.54) is 12.3 Å². The van der Waals surface area contributed by atoms with Crippen LogP contribution in [0.2, 0.25) is 0 Å². The van der Waals surface area contributed by atoms with Gasteiger partial charge in [-0.15, -0.1) is 0 Å². The highest BCUT2D eigenvalue weighted by Crippen LogP contribution is 2.30. The number of piperidine rings is 1.